The first-order valence-corrected chi connectivity index (χ1v) is 10.4. The molecule has 0 aliphatic carbocycles. The number of nitrogens with zero attached hydrogens (tertiary/aromatic N) is 3. The van der Waals surface area contributed by atoms with E-state index >= 15 is 0 Å². The SMILES string of the molecule is Cc1cccn2cc(-c3cccc([N-]S(=O)(=O)c4ccc(Br)cc4)c3)nc12. The van der Waals surface area contributed by atoms with Gasteiger partial charge in [0.05, 0.1) is 10.6 Å². The van der Waals surface area contributed by atoms with Crippen LogP contribution in [-0.4, -0.2) is 17.8 Å². The topological polar surface area (TPSA) is 65.5 Å². The number of pyridine rings is 1. The molecule has 2 aromatic carbocycles. The van der Waals surface area contributed by atoms with E-state index in [4.69, 9.17) is 0 Å². The number of hydrogen-bond donors (Lipinski definition) is 0. The number of fused-ring (bicyclic) bond motifs is 1. The average Bonchev–Trinajstić information content (AvgIpc) is 3.08. The van der Waals surface area contributed by atoms with E-state index in [-0.39, 0.29) is 4.90 Å². The van der Waals surface area contributed by atoms with Gasteiger partial charge in [0.2, 0.25) is 0 Å². The zero-order valence-electron chi connectivity index (χ0n) is 14.4. The Labute approximate surface area is 165 Å². The number of halogens is 1. The molecule has 0 aliphatic rings. The Balaban J connectivity index is 1.67. The summed E-state index contributed by atoms with van der Waals surface area (Å²) in [5.74, 6) is 0. The minimum atomic E-state index is -3.78. The van der Waals surface area contributed by atoms with Crippen LogP contribution in [0.5, 0.6) is 0 Å². The fourth-order valence-corrected chi connectivity index (χ4v) is 4.05. The molecule has 0 unspecified atom stereocenters. The van der Waals surface area contributed by atoms with Crippen molar-refractivity contribution in [3.05, 3.63) is 87.8 Å². The molecule has 4 aromatic rings. The first-order chi connectivity index (χ1) is 12.9. The van der Waals surface area contributed by atoms with E-state index in [9.17, 15) is 8.42 Å². The van der Waals surface area contributed by atoms with Gasteiger partial charge in [0.25, 0.3) is 0 Å². The monoisotopic (exact) mass is 440 g/mol. The summed E-state index contributed by atoms with van der Waals surface area (Å²) in [7, 11) is -3.78. The van der Waals surface area contributed by atoms with Gasteiger partial charge in [0, 0.05) is 22.4 Å². The lowest BCUT2D eigenvalue weighted by molar-refractivity contribution is 0.603. The molecule has 0 aliphatic heterocycles. The van der Waals surface area contributed by atoms with Crippen LogP contribution in [0.25, 0.3) is 21.6 Å². The van der Waals surface area contributed by atoms with E-state index in [0.717, 1.165) is 26.9 Å². The second kappa shape index (κ2) is 6.83. The molecule has 27 heavy (non-hydrogen) atoms. The van der Waals surface area contributed by atoms with Crippen molar-refractivity contribution >= 4 is 37.3 Å². The molecule has 0 saturated carbocycles. The quantitative estimate of drug-likeness (QED) is 0.422. The molecule has 7 heteroatoms. The molecule has 0 saturated heterocycles. The second-order valence-corrected chi connectivity index (χ2v) is 8.64. The molecule has 0 bridgehead atoms. The minimum absolute atomic E-state index is 0.152. The number of benzene rings is 2. The maximum atomic E-state index is 12.5. The maximum Gasteiger partial charge on any atom is 0.140 e. The Hall–Kier alpha value is -2.64. The number of aromatic nitrogens is 2. The molecule has 5 nitrogen and oxygen atoms in total. The lowest BCUT2D eigenvalue weighted by Gasteiger charge is -2.22. The van der Waals surface area contributed by atoms with E-state index in [1.54, 1.807) is 30.3 Å². The molecule has 0 radical (unpaired) electrons. The number of sulfonamides is 1. The van der Waals surface area contributed by atoms with Gasteiger partial charge in [-0.25, -0.2) is 13.4 Å². The maximum absolute atomic E-state index is 12.5. The lowest BCUT2D eigenvalue weighted by atomic mass is 10.1. The summed E-state index contributed by atoms with van der Waals surface area (Å²) in [6.45, 7) is 2.00. The molecule has 4 rings (SSSR count). The van der Waals surface area contributed by atoms with Gasteiger partial charge < -0.3 is 9.12 Å². The van der Waals surface area contributed by atoms with Crippen molar-refractivity contribution in [1.29, 1.82) is 0 Å². The van der Waals surface area contributed by atoms with Crippen LogP contribution in [0.2, 0.25) is 0 Å². The number of imidazole rings is 1. The van der Waals surface area contributed by atoms with Gasteiger partial charge in [-0.05, 0) is 42.8 Å². The molecule has 0 spiro atoms. The first-order valence-electron chi connectivity index (χ1n) is 8.21. The van der Waals surface area contributed by atoms with Crippen molar-refractivity contribution < 1.29 is 8.42 Å². The highest BCUT2D eigenvalue weighted by atomic mass is 79.9. The van der Waals surface area contributed by atoms with Crippen molar-refractivity contribution in [1.82, 2.24) is 9.38 Å². The Kier molecular flexibility index (Phi) is 4.49. The van der Waals surface area contributed by atoms with E-state index < -0.39 is 10.0 Å². The van der Waals surface area contributed by atoms with Crippen LogP contribution in [0.4, 0.5) is 5.69 Å². The summed E-state index contributed by atoms with van der Waals surface area (Å²) in [6, 6.07) is 17.4. The lowest BCUT2D eigenvalue weighted by Crippen LogP contribution is -1.97. The van der Waals surface area contributed by atoms with E-state index in [1.807, 2.05) is 41.9 Å². The fraction of sp³-hybridized carbons (Fsp3) is 0.0500. The van der Waals surface area contributed by atoms with Gasteiger partial charge in [-0.1, -0.05) is 46.3 Å². The van der Waals surface area contributed by atoms with Crippen LogP contribution < -0.4 is 0 Å². The summed E-state index contributed by atoms with van der Waals surface area (Å²) in [6.07, 6.45) is 3.86. The highest BCUT2D eigenvalue weighted by molar-refractivity contribution is 9.10. The number of hydrogen-bond acceptors (Lipinski definition) is 3. The summed E-state index contributed by atoms with van der Waals surface area (Å²) >= 11 is 3.30. The predicted octanol–water partition coefficient (Wildman–Crippen LogP) is 5.47. The fourth-order valence-electron chi connectivity index (χ4n) is 2.81. The summed E-state index contributed by atoms with van der Waals surface area (Å²) in [5.41, 5.74) is 3.89. The zero-order valence-corrected chi connectivity index (χ0v) is 16.8. The van der Waals surface area contributed by atoms with Crippen molar-refractivity contribution in [2.24, 2.45) is 0 Å². The Bertz CT molecular complexity index is 1230. The molecule has 0 N–H and O–H groups in total. The Morgan fingerprint density at radius 3 is 2.56 bits per heavy atom. The van der Waals surface area contributed by atoms with Crippen molar-refractivity contribution in [2.75, 3.05) is 0 Å². The van der Waals surface area contributed by atoms with Crippen LogP contribution in [0.3, 0.4) is 0 Å². The van der Waals surface area contributed by atoms with Gasteiger partial charge in [0.15, 0.2) is 0 Å². The standard InChI is InChI=1S/C20H15BrN3O2S/c1-14-4-3-11-24-13-19(22-20(14)24)15-5-2-6-17(12-15)23-27(25,26)18-9-7-16(21)8-10-18/h2-13H,1H3/q-1. The Morgan fingerprint density at radius 1 is 1.04 bits per heavy atom. The molecular formula is C20H15BrN3O2S-. The van der Waals surface area contributed by atoms with E-state index in [1.165, 1.54) is 12.1 Å². The zero-order chi connectivity index (χ0) is 19.0. The summed E-state index contributed by atoms with van der Waals surface area (Å²) < 4.78 is 31.8. The third-order valence-corrected chi connectivity index (χ3v) is 6.00. The second-order valence-electron chi connectivity index (χ2n) is 6.12. The molecule has 2 aromatic heterocycles. The minimum Gasteiger partial charge on any atom is -0.573 e. The van der Waals surface area contributed by atoms with Crippen LogP contribution in [0.1, 0.15) is 5.56 Å². The molecule has 0 amide bonds. The normalized spacial score (nSPS) is 11.6. The van der Waals surface area contributed by atoms with Gasteiger partial charge in [-0.2, -0.15) is 0 Å². The summed E-state index contributed by atoms with van der Waals surface area (Å²) in [4.78, 5) is 4.81. The highest BCUT2D eigenvalue weighted by Crippen LogP contribution is 2.31. The van der Waals surface area contributed by atoms with Crippen LogP contribution in [-0.2, 0) is 10.0 Å². The highest BCUT2D eigenvalue weighted by Gasteiger charge is 2.07. The van der Waals surface area contributed by atoms with Gasteiger partial charge in [0.1, 0.15) is 15.7 Å². The van der Waals surface area contributed by atoms with Crippen molar-refractivity contribution in [2.45, 2.75) is 11.8 Å². The van der Waals surface area contributed by atoms with Crippen LogP contribution in [0.15, 0.2) is 82.4 Å². The first kappa shape index (κ1) is 17.8. The van der Waals surface area contributed by atoms with Gasteiger partial charge >= 0.3 is 0 Å². The average molecular weight is 441 g/mol. The third-order valence-electron chi connectivity index (χ3n) is 4.16. The van der Waals surface area contributed by atoms with Gasteiger partial charge in [-0.3, -0.25) is 0 Å². The largest absolute Gasteiger partial charge is 0.573 e. The van der Waals surface area contributed by atoms with E-state index in [0.29, 0.717) is 5.69 Å². The molecule has 0 fully saturated rings. The molecule has 2 heterocycles. The molecular weight excluding hydrogens is 426 g/mol. The third kappa shape index (κ3) is 3.61. The molecule has 136 valence electrons. The smallest absolute Gasteiger partial charge is 0.140 e. The van der Waals surface area contributed by atoms with E-state index in [2.05, 4.69) is 25.6 Å². The summed E-state index contributed by atoms with van der Waals surface area (Å²) in [5, 5.41) is 0. The van der Waals surface area contributed by atoms with Crippen LogP contribution in [0, 0.1) is 6.92 Å². The van der Waals surface area contributed by atoms with Crippen molar-refractivity contribution in [3.8, 4) is 11.3 Å². The van der Waals surface area contributed by atoms with Gasteiger partial charge in [-0.15, -0.1) is 5.69 Å². The van der Waals surface area contributed by atoms with Crippen LogP contribution >= 0.6 is 15.9 Å². The molecule has 0 atom stereocenters. The number of rotatable bonds is 4. The predicted molar refractivity (Wildman–Crippen MR) is 110 cm³/mol. The Morgan fingerprint density at radius 2 is 1.81 bits per heavy atom. The number of aryl methyl sites for hydroxylation is 1. The van der Waals surface area contributed by atoms with Crippen molar-refractivity contribution in [3.63, 3.8) is 0 Å².